The van der Waals surface area contributed by atoms with Crippen LogP contribution in [0.1, 0.15) is 84.0 Å². The van der Waals surface area contributed by atoms with E-state index in [4.69, 9.17) is 4.74 Å². The number of sulfone groups is 1. The Morgan fingerprint density at radius 1 is 0.824 bits per heavy atom. The second kappa shape index (κ2) is 9.72. The summed E-state index contributed by atoms with van der Waals surface area (Å²) in [6.45, 7) is 3.37. The first kappa shape index (κ1) is 24.5. The standard InChI is InChI=1S/C26H42N2O5S/c1-17-16-27(26(30)24-7-4-14-33-24)23-15-20(18-8-11-21(12-9-18)34(2,31)32)10-13-22(23)28(17)25(29)19-5-3-6-19/h17-24H,3-16H2,1-2H3/t17-,18?,20?,21?,22?,23?,24?/m0/s1. The van der Waals surface area contributed by atoms with Gasteiger partial charge in [0.15, 0.2) is 0 Å². The van der Waals surface area contributed by atoms with E-state index >= 15 is 0 Å². The molecule has 8 heteroatoms. The van der Waals surface area contributed by atoms with E-state index in [0.717, 1.165) is 77.0 Å². The molecule has 192 valence electrons. The van der Waals surface area contributed by atoms with Gasteiger partial charge in [0, 0.05) is 31.4 Å². The van der Waals surface area contributed by atoms with Gasteiger partial charge in [0.2, 0.25) is 5.91 Å². The molecule has 34 heavy (non-hydrogen) atoms. The van der Waals surface area contributed by atoms with Gasteiger partial charge in [-0.1, -0.05) is 6.42 Å². The van der Waals surface area contributed by atoms with Crippen molar-refractivity contribution in [1.82, 2.24) is 9.80 Å². The van der Waals surface area contributed by atoms with E-state index in [2.05, 4.69) is 16.7 Å². The Morgan fingerprint density at radius 3 is 2.12 bits per heavy atom. The van der Waals surface area contributed by atoms with Gasteiger partial charge in [0.05, 0.1) is 17.3 Å². The summed E-state index contributed by atoms with van der Waals surface area (Å²) in [4.78, 5) is 31.2. The first-order chi connectivity index (χ1) is 16.2. The van der Waals surface area contributed by atoms with Crippen LogP contribution in [0.2, 0.25) is 0 Å². The Hall–Kier alpha value is -1.15. The van der Waals surface area contributed by atoms with E-state index in [0.29, 0.717) is 30.9 Å². The molecule has 2 saturated heterocycles. The fourth-order valence-corrected chi connectivity index (χ4v) is 8.66. The number of ether oxygens (including phenoxy) is 1. The van der Waals surface area contributed by atoms with Gasteiger partial charge in [-0.05, 0) is 89.4 Å². The predicted octanol–water partition coefficient (Wildman–Crippen LogP) is 3.17. The molecule has 3 saturated carbocycles. The molecule has 5 fully saturated rings. The van der Waals surface area contributed by atoms with Gasteiger partial charge in [-0.25, -0.2) is 8.42 Å². The summed E-state index contributed by atoms with van der Waals surface area (Å²) in [5.74, 6) is 1.62. The van der Waals surface area contributed by atoms with E-state index in [1.54, 1.807) is 0 Å². The van der Waals surface area contributed by atoms with Crippen LogP contribution in [-0.4, -0.2) is 78.9 Å². The highest BCUT2D eigenvalue weighted by Gasteiger charge is 2.50. The van der Waals surface area contributed by atoms with Crippen LogP contribution in [0.15, 0.2) is 0 Å². The SMILES string of the molecule is C[C@H]1CN(C(=O)C2CCCO2)C2CC(C3CCC(S(C)(=O)=O)CC3)CCC2N1C(=O)C1CCC1. The lowest BCUT2D eigenvalue weighted by atomic mass is 9.69. The van der Waals surface area contributed by atoms with Crippen molar-refractivity contribution in [3.63, 3.8) is 0 Å². The molecule has 0 aromatic heterocycles. The number of piperazine rings is 1. The Kier molecular flexibility index (Phi) is 7.01. The van der Waals surface area contributed by atoms with Crippen molar-refractivity contribution in [2.24, 2.45) is 17.8 Å². The molecule has 0 aromatic carbocycles. The molecule has 2 aliphatic heterocycles. The van der Waals surface area contributed by atoms with E-state index in [1.165, 1.54) is 6.26 Å². The number of rotatable bonds is 4. The van der Waals surface area contributed by atoms with E-state index in [-0.39, 0.29) is 41.3 Å². The normalized spacial score (nSPS) is 39.4. The molecule has 5 rings (SSSR count). The quantitative estimate of drug-likeness (QED) is 0.599. The first-order valence-corrected chi connectivity index (χ1v) is 15.6. The maximum Gasteiger partial charge on any atom is 0.252 e. The average molecular weight is 495 g/mol. The lowest BCUT2D eigenvalue weighted by Gasteiger charge is -2.56. The molecule has 0 N–H and O–H groups in total. The second-order valence-corrected chi connectivity index (χ2v) is 14.1. The van der Waals surface area contributed by atoms with Crippen molar-refractivity contribution in [3.05, 3.63) is 0 Å². The van der Waals surface area contributed by atoms with Gasteiger partial charge in [-0.2, -0.15) is 0 Å². The summed E-state index contributed by atoms with van der Waals surface area (Å²) < 4.78 is 29.8. The van der Waals surface area contributed by atoms with Crippen molar-refractivity contribution >= 4 is 21.7 Å². The van der Waals surface area contributed by atoms with Crippen molar-refractivity contribution in [3.8, 4) is 0 Å². The van der Waals surface area contributed by atoms with Crippen LogP contribution in [0.25, 0.3) is 0 Å². The maximum absolute atomic E-state index is 13.5. The van der Waals surface area contributed by atoms with Crippen LogP contribution in [0, 0.1) is 17.8 Å². The molecular weight excluding hydrogens is 452 g/mol. The predicted molar refractivity (Wildman–Crippen MR) is 130 cm³/mol. The molecule has 4 unspecified atom stereocenters. The second-order valence-electron chi connectivity index (χ2n) is 11.8. The Morgan fingerprint density at radius 2 is 1.53 bits per heavy atom. The largest absolute Gasteiger partial charge is 0.368 e. The molecular formula is C26H42N2O5S. The maximum atomic E-state index is 13.5. The molecule has 2 amide bonds. The van der Waals surface area contributed by atoms with Gasteiger partial charge in [-0.15, -0.1) is 0 Å². The van der Waals surface area contributed by atoms with E-state index < -0.39 is 9.84 Å². The zero-order chi connectivity index (χ0) is 24.0. The summed E-state index contributed by atoms with van der Waals surface area (Å²) in [5, 5.41) is -0.191. The molecule has 5 atom stereocenters. The highest BCUT2D eigenvalue weighted by atomic mass is 32.2. The molecule has 3 aliphatic carbocycles. The molecule has 0 bridgehead atoms. The van der Waals surface area contributed by atoms with Crippen LogP contribution in [-0.2, 0) is 24.2 Å². The summed E-state index contributed by atoms with van der Waals surface area (Å²) >= 11 is 0. The van der Waals surface area contributed by atoms with Gasteiger partial charge < -0.3 is 14.5 Å². The third kappa shape index (κ3) is 4.65. The molecule has 5 aliphatic rings. The van der Waals surface area contributed by atoms with Crippen molar-refractivity contribution in [2.45, 2.75) is 113 Å². The minimum atomic E-state index is -2.97. The summed E-state index contributed by atoms with van der Waals surface area (Å²) in [7, 11) is -2.97. The van der Waals surface area contributed by atoms with Gasteiger partial charge in [0.25, 0.3) is 5.91 Å². The minimum absolute atomic E-state index is 0.0430. The van der Waals surface area contributed by atoms with Crippen molar-refractivity contribution in [1.29, 1.82) is 0 Å². The van der Waals surface area contributed by atoms with E-state index in [1.807, 2.05) is 0 Å². The summed E-state index contributed by atoms with van der Waals surface area (Å²) in [5.41, 5.74) is 0. The zero-order valence-electron chi connectivity index (χ0n) is 20.9. The number of fused-ring (bicyclic) bond motifs is 1. The lowest BCUT2D eigenvalue weighted by Crippen LogP contribution is -2.69. The van der Waals surface area contributed by atoms with Crippen LogP contribution >= 0.6 is 0 Å². The number of carbonyl (C=O) groups excluding carboxylic acids is 2. The first-order valence-electron chi connectivity index (χ1n) is 13.7. The van der Waals surface area contributed by atoms with Crippen LogP contribution < -0.4 is 0 Å². The number of hydrogen-bond acceptors (Lipinski definition) is 5. The molecule has 0 spiro atoms. The minimum Gasteiger partial charge on any atom is -0.368 e. The van der Waals surface area contributed by atoms with Crippen LogP contribution in [0.5, 0.6) is 0 Å². The Labute approximate surface area is 204 Å². The highest BCUT2D eigenvalue weighted by molar-refractivity contribution is 7.91. The molecule has 2 heterocycles. The van der Waals surface area contributed by atoms with Gasteiger partial charge >= 0.3 is 0 Å². The number of carbonyl (C=O) groups is 2. The Bertz CT molecular complexity index is 874. The molecule has 0 aromatic rings. The van der Waals surface area contributed by atoms with Crippen LogP contribution in [0.4, 0.5) is 0 Å². The zero-order valence-corrected chi connectivity index (χ0v) is 21.7. The lowest BCUT2D eigenvalue weighted by molar-refractivity contribution is -0.164. The molecule has 0 radical (unpaired) electrons. The van der Waals surface area contributed by atoms with Crippen molar-refractivity contribution in [2.75, 3.05) is 19.4 Å². The van der Waals surface area contributed by atoms with Crippen molar-refractivity contribution < 1.29 is 22.7 Å². The molecule has 7 nitrogen and oxygen atoms in total. The van der Waals surface area contributed by atoms with Gasteiger partial charge in [0.1, 0.15) is 15.9 Å². The topological polar surface area (TPSA) is 84.0 Å². The third-order valence-corrected chi connectivity index (χ3v) is 11.4. The van der Waals surface area contributed by atoms with Gasteiger partial charge in [-0.3, -0.25) is 9.59 Å². The fourth-order valence-electron chi connectivity index (χ4n) is 7.53. The number of hydrogen-bond donors (Lipinski definition) is 0. The third-order valence-electron chi connectivity index (χ3n) is 9.70. The monoisotopic (exact) mass is 494 g/mol. The number of amides is 2. The summed E-state index contributed by atoms with van der Waals surface area (Å²) in [6.07, 6.45) is 12.3. The highest BCUT2D eigenvalue weighted by Crippen LogP contribution is 2.44. The van der Waals surface area contributed by atoms with E-state index in [9.17, 15) is 18.0 Å². The fraction of sp³-hybridized carbons (Fsp3) is 0.923. The number of nitrogens with zero attached hydrogens (tertiary/aromatic N) is 2. The smallest absolute Gasteiger partial charge is 0.252 e. The summed E-state index contributed by atoms with van der Waals surface area (Å²) in [6, 6.07) is 0.204. The van der Waals surface area contributed by atoms with Crippen LogP contribution in [0.3, 0.4) is 0 Å². The average Bonchev–Trinajstić information content (AvgIpc) is 3.31. The Balaban J connectivity index is 1.33.